The molecule has 2 N–H and O–H groups in total. The maximum atomic E-state index is 12.9. The van der Waals surface area contributed by atoms with Gasteiger partial charge in [0.15, 0.2) is 0 Å². The Morgan fingerprint density at radius 2 is 1.72 bits per heavy atom. The highest BCUT2D eigenvalue weighted by molar-refractivity contribution is 6.03. The number of carboxylic acid groups (broad SMARTS) is 1. The third kappa shape index (κ3) is 8.05. The molecular formula is C27H28F3N5O4. The number of nitrogens with one attached hydrogen (secondary N) is 1. The predicted molar refractivity (Wildman–Crippen MR) is 137 cm³/mol. The summed E-state index contributed by atoms with van der Waals surface area (Å²) in [6, 6.07) is 16.6. The van der Waals surface area contributed by atoms with Crippen LogP contribution in [0.15, 0.2) is 48.5 Å². The molecule has 0 radical (unpaired) electrons. The largest absolute Gasteiger partial charge is 0.490 e. The Morgan fingerprint density at radius 1 is 1.10 bits per heavy atom. The molecule has 12 heteroatoms. The molecule has 0 saturated carbocycles. The topological polar surface area (TPSA) is 120 Å². The van der Waals surface area contributed by atoms with Gasteiger partial charge >= 0.3 is 12.1 Å². The van der Waals surface area contributed by atoms with Crippen molar-refractivity contribution in [3.63, 3.8) is 0 Å². The Bertz CT molecular complexity index is 1360. The Morgan fingerprint density at radius 3 is 2.26 bits per heavy atom. The van der Waals surface area contributed by atoms with E-state index in [0.717, 1.165) is 43.0 Å². The van der Waals surface area contributed by atoms with Crippen LogP contribution in [-0.4, -0.2) is 58.0 Å². The molecule has 39 heavy (non-hydrogen) atoms. The number of anilines is 1. The molecule has 1 aliphatic rings. The second-order valence-electron chi connectivity index (χ2n) is 9.13. The molecule has 1 amide bonds. The Hall–Kier alpha value is -4.37. The fourth-order valence-electron chi connectivity index (χ4n) is 3.95. The summed E-state index contributed by atoms with van der Waals surface area (Å²) in [5, 5.41) is 23.8. The number of aromatic nitrogens is 2. The van der Waals surface area contributed by atoms with E-state index in [1.807, 2.05) is 24.6 Å². The summed E-state index contributed by atoms with van der Waals surface area (Å²) in [6.45, 7) is 5.89. The highest BCUT2D eigenvalue weighted by atomic mass is 19.4. The van der Waals surface area contributed by atoms with Gasteiger partial charge in [0.25, 0.3) is 5.91 Å². The lowest BCUT2D eigenvalue weighted by Crippen LogP contribution is -2.32. The number of alkyl halides is 3. The number of carboxylic acids is 1. The van der Waals surface area contributed by atoms with Crippen LogP contribution in [0.3, 0.4) is 0 Å². The zero-order valence-corrected chi connectivity index (χ0v) is 21.6. The lowest BCUT2D eigenvalue weighted by atomic mass is 10.1. The van der Waals surface area contributed by atoms with Gasteiger partial charge < -0.3 is 20.1 Å². The standard InChI is InChI=1S/C25H27N5O2.C2HF3O2/c1-17-14-19(16-26)4-9-23(17)32-22-7-5-20(6-8-22)25(31)27-24-15-18(2)28-30(24)21-10-12-29(3)13-11-21;3-2(4,5)1(6)7/h4-9,14-15,21H,10-13H2,1-3H3,(H,27,31);(H,6,7). The third-order valence-electron chi connectivity index (χ3n) is 6.02. The molecule has 1 fully saturated rings. The van der Waals surface area contributed by atoms with Gasteiger partial charge in [-0.3, -0.25) is 4.79 Å². The fourth-order valence-corrected chi connectivity index (χ4v) is 3.95. The Kier molecular flexibility index (Phi) is 9.32. The van der Waals surface area contributed by atoms with Crippen LogP contribution >= 0.6 is 0 Å². The van der Waals surface area contributed by atoms with E-state index in [0.29, 0.717) is 28.7 Å². The van der Waals surface area contributed by atoms with Crippen LogP contribution in [-0.2, 0) is 4.79 Å². The maximum absolute atomic E-state index is 12.9. The first-order chi connectivity index (χ1) is 18.4. The zero-order chi connectivity index (χ0) is 28.7. The molecule has 0 unspecified atom stereocenters. The van der Waals surface area contributed by atoms with Crippen molar-refractivity contribution in [3.05, 3.63) is 70.9 Å². The summed E-state index contributed by atoms with van der Waals surface area (Å²) in [4.78, 5) is 24.1. The molecule has 0 spiro atoms. The van der Waals surface area contributed by atoms with E-state index in [1.165, 1.54) is 0 Å². The van der Waals surface area contributed by atoms with E-state index in [2.05, 4.69) is 28.4 Å². The fraction of sp³-hybridized carbons (Fsp3) is 0.333. The number of rotatable bonds is 5. The van der Waals surface area contributed by atoms with Crippen molar-refractivity contribution in [2.75, 3.05) is 25.5 Å². The number of hydrogen-bond acceptors (Lipinski definition) is 6. The van der Waals surface area contributed by atoms with Crippen molar-refractivity contribution in [2.45, 2.75) is 38.9 Å². The summed E-state index contributed by atoms with van der Waals surface area (Å²) in [6.07, 6.45) is -3.05. The Labute approximate surface area is 223 Å². The van der Waals surface area contributed by atoms with Crippen molar-refractivity contribution in [3.8, 4) is 17.6 Å². The predicted octanol–water partition coefficient (Wildman–Crippen LogP) is 5.32. The number of amides is 1. The van der Waals surface area contributed by atoms with Crippen molar-refractivity contribution in [2.24, 2.45) is 0 Å². The van der Waals surface area contributed by atoms with Crippen LogP contribution in [0.25, 0.3) is 0 Å². The number of nitriles is 1. The summed E-state index contributed by atoms with van der Waals surface area (Å²) in [7, 11) is 2.13. The number of benzene rings is 2. The van der Waals surface area contributed by atoms with Gasteiger partial charge in [0.2, 0.25) is 0 Å². The number of piperidine rings is 1. The molecule has 9 nitrogen and oxygen atoms in total. The first-order valence-corrected chi connectivity index (χ1v) is 12.0. The second kappa shape index (κ2) is 12.4. The normalized spacial score (nSPS) is 14.1. The third-order valence-corrected chi connectivity index (χ3v) is 6.02. The number of ether oxygens (including phenoxy) is 1. The van der Waals surface area contributed by atoms with Crippen LogP contribution in [0.5, 0.6) is 11.5 Å². The van der Waals surface area contributed by atoms with Crippen LogP contribution in [0.2, 0.25) is 0 Å². The number of aryl methyl sites for hydroxylation is 2. The minimum absolute atomic E-state index is 0.180. The van der Waals surface area contributed by atoms with E-state index in [4.69, 9.17) is 19.9 Å². The van der Waals surface area contributed by atoms with Gasteiger partial charge in [-0.25, -0.2) is 9.48 Å². The summed E-state index contributed by atoms with van der Waals surface area (Å²) in [5.41, 5.74) is 2.91. The van der Waals surface area contributed by atoms with Gasteiger partial charge in [0.1, 0.15) is 17.3 Å². The number of likely N-dealkylation sites (tertiary alicyclic amines) is 1. The minimum Gasteiger partial charge on any atom is -0.475 e. The van der Waals surface area contributed by atoms with Gasteiger partial charge in [0.05, 0.1) is 23.4 Å². The molecule has 3 aromatic rings. The summed E-state index contributed by atoms with van der Waals surface area (Å²) in [5.74, 6) is -0.899. The molecule has 2 aromatic carbocycles. The number of carbonyl (C=O) groups is 2. The molecule has 1 aromatic heterocycles. The smallest absolute Gasteiger partial charge is 0.475 e. The van der Waals surface area contributed by atoms with E-state index < -0.39 is 12.1 Å². The number of halogens is 3. The molecule has 206 valence electrons. The highest BCUT2D eigenvalue weighted by Gasteiger charge is 2.38. The van der Waals surface area contributed by atoms with Gasteiger partial charge in [-0.05, 0) is 94.9 Å². The number of nitrogens with zero attached hydrogens (tertiary/aromatic N) is 4. The molecule has 4 rings (SSSR count). The quantitative estimate of drug-likeness (QED) is 0.447. The van der Waals surface area contributed by atoms with E-state index >= 15 is 0 Å². The van der Waals surface area contributed by atoms with E-state index in [-0.39, 0.29) is 5.91 Å². The van der Waals surface area contributed by atoms with E-state index in [9.17, 15) is 18.0 Å². The maximum Gasteiger partial charge on any atom is 0.490 e. The lowest BCUT2D eigenvalue weighted by Gasteiger charge is -2.30. The molecule has 0 bridgehead atoms. The monoisotopic (exact) mass is 543 g/mol. The van der Waals surface area contributed by atoms with Gasteiger partial charge in [0, 0.05) is 11.6 Å². The lowest BCUT2D eigenvalue weighted by molar-refractivity contribution is -0.192. The van der Waals surface area contributed by atoms with Crippen LogP contribution < -0.4 is 10.1 Å². The second-order valence-corrected chi connectivity index (χ2v) is 9.13. The van der Waals surface area contributed by atoms with Gasteiger partial charge in [-0.2, -0.15) is 23.5 Å². The van der Waals surface area contributed by atoms with Crippen molar-refractivity contribution in [1.82, 2.24) is 14.7 Å². The van der Waals surface area contributed by atoms with Gasteiger partial charge in [-0.15, -0.1) is 0 Å². The first-order valence-electron chi connectivity index (χ1n) is 12.0. The summed E-state index contributed by atoms with van der Waals surface area (Å²) < 4.78 is 39.6. The molecule has 1 saturated heterocycles. The van der Waals surface area contributed by atoms with Crippen molar-refractivity contribution >= 4 is 17.7 Å². The first kappa shape index (κ1) is 29.2. The molecular weight excluding hydrogens is 515 g/mol. The highest BCUT2D eigenvalue weighted by Crippen LogP contribution is 2.28. The van der Waals surface area contributed by atoms with Crippen LogP contribution in [0.4, 0.5) is 19.0 Å². The minimum atomic E-state index is -5.08. The zero-order valence-electron chi connectivity index (χ0n) is 21.6. The molecule has 0 atom stereocenters. The average molecular weight is 544 g/mol. The van der Waals surface area contributed by atoms with Gasteiger partial charge in [-0.1, -0.05) is 0 Å². The van der Waals surface area contributed by atoms with E-state index in [1.54, 1.807) is 42.5 Å². The number of aliphatic carboxylic acids is 1. The Balaban J connectivity index is 0.000000532. The molecule has 2 heterocycles. The van der Waals surface area contributed by atoms with Crippen LogP contribution in [0, 0.1) is 25.2 Å². The van der Waals surface area contributed by atoms with Crippen molar-refractivity contribution in [1.29, 1.82) is 5.26 Å². The number of carbonyl (C=O) groups excluding carboxylic acids is 1. The number of hydrogen-bond donors (Lipinski definition) is 2. The average Bonchev–Trinajstić information content (AvgIpc) is 3.25. The van der Waals surface area contributed by atoms with Crippen LogP contribution in [0.1, 0.15) is 46.1 Å². The van der Waals surface area contributed by atoms with Crippen molar-refractivity contribution < 1.29 is 32.6 Å². The molecule has 0 aliphatic carbocycles. The molecule has 1 aliphatic heterocycles. The summed E-state index contributed by atoms with van der Waals surface area (Å²) >= 11 is 0. The SMILES string of the molecule is Cc1cc(NC(=O)c2ccc(Oc3ccc(C#N)cc3C)cc2)n(C2CCN(C)CC2)n1.O=C(O)C(F)(F)F.